The fraction of sp³-hybridized carbons (Fsp3) is 0.682. The molecule has 1 heterocycles. The second-order valence-corrected chi connectivity index (χ2v) is 10.3. The number of hydrogen-bond donors (Lipinski definition) is 2. The number of nitrogens with one attached hydrogen (secondary N) is 2. The van der Waals surface area contributed by atoms with Crippen molar-refractivity contribution in [2.45, 2.75) is 56.9 Å². The molecule has 1 saturated heterocycles. The first-order valence-corrected chi connectivity index (χ1v) is 12.5. The molecule has 0 amide bonds. The minimum Gasteiger partial charge on any atom is -0.385 e. The first kappa shape index (κ1) is 26.3. The van der Waals surface area contributed by atoms with Crippen LogP contribution in [-0.2, 0) is 21.3 Å². The fourth-order valence-electron chi connectivity index (χ4n) is 4.14. The molecule has 1 aromatic carbocycles. The van der Waals surface area contributed by atoms with E-state index in [-0.39, 0.29) is 24.0 Å². The van der Waals surface area contributed by atoms with Crippen LogP contribution in [0, 0.1) is 5.41 Å². The number of ether oxygens (including phenoxy) is 1. The maximum atomic E-state index is 12.7. The van der Waals surface area contributed by atoms with Gasteiger partial charge in [-0.25, -0.2) is 13.4 Å². The third-order valence-electron chi connectivity index (χ3n) is 6.27. The zero-order chi connectivity index (χ0) is 21.5. The lowest BCUT2D eigenvalue weighted by molar-refractivity contribution is 0.0732. The molecular formula is C22H37IN4O3S. The second kappa shape index (κ2) is 12.4. The highest BCUT2D eigenvalue weighted by molar-refractivity contribution is 14.0. The van der Waals surface area contributed by atoms with Gasteiger partial charge in [-0.15, -0.1) is 24.0 Å². The molecule has 2 N–H and O–H groups in total. The number of sulfonamides is 1. The Labute approximate surface area is 204 Å². The number of methoxy groups -OCH3 is 1. The van der Waals surface area contributed by atoms with Gasteiger partial charge in [-0.3, -0.25) is 0 Å². The van der Waals surface area contributed by atoms with E-state index in [1.807, 2.05) is 12.1 Å². The molecular weight excluding hydrogens is 527 g/mol. The summed E-state index contributed by atoms with van der Waals surface area (Å²) >= 11 is 0. The molecule has 0 spiro atoms. The van der Waals surface area contributed by atoms with E-state index in [9.17, 15) is 8.42 Å². The summed E-state index contributed by atoms with van der Waals surface area (Å²) < 4.78 is 32.2. The monoisotopic (exact) mass is 564 g/mol. The van der Waals surface area contributed by atoms with E-state index in [2.05, 4.69) is 17.6 Å². The lowest BCUT2D eigenvalue weighted by atomic mass is 9.67. The van der Waals surface area contributed by atoms with Crippen molar-refractivity contribution >= 4 is 40.0 Å². The summed E-state index contributed by atoms with van der Waals surface area (Å²) in [5, 5.41) is 6.80. The highest BCUT2D eigenvalue weighted by Gasteiger charge is 2.36. The van der Waals surface area contributed by atoms with Crippen molar-refractivity contribution in [1.29, 1.82) is 0 Å². The minimum absolute atomic E-state index is 0. The van der Waals surface area contributed by atoms with E-state index in [4.69, 9.17) is 9.73 Å². The van der Waals surface area contributed by atoms with Gasteiger partial charge in [0.2, 0.25) is 10.0 Å². The normalized spacial score (nSPS) is 18.8. The van der Waals surface area contributed by atoms with Gasteiger partial charge in [-0.05, 0) is 62.1 Å². The lowest BCUT2D eigenvalue weighted by Crippen LogP contribution is -2.46. The SMILES string of the molecule is CCNC(=NCc1ccc(S(=O)(=O)N2CCCC2)cc1)NCC1(CCOC)CCC1.I. The van der Waals surface area contributed by atoms with Crippen LogP contribution in [0.15, 0.2) is 34.2 Å². The molecule has 0 bridgehead atoms. The number of benzene rings is 1. The third-order valence-corrected chi connectivity index (χ3v) is 8.18. The average Bonchev–Trinajstić information content (AvgIpc) is 3.27. The number of aliphatic imine (C=N–C) groups is 1. The molecule has 1 saturated carbocycles. The molecule has 0 aromatic heterocycles. The Bertz CT molecular complexity index is 805. The fourth-order valence-corrected chi connectivity index (χ4v) is 5.66. The molecule has 176 valence electrons. The summed E-state index contributed by atoms with van der Waals surface area (Å²) in [7, 11) is -1.61. The number of guanidine groups is 1. The first-order valence-electron chi connectivity index (χ1n) is 11.1. The Morgan fingerprint density at radius 1 is 1.13 bits per heavy atom. The van der Waals surface area contributed by atoms with E-state index >= 15 is 0 Å². The summed E-state index contributed by atoms with van der Waals surface area (Å²) in [6, 6.07) is 7.13. The van der Waals surface area contributed by atoms with Gasteiger partial charge in [0.1, 0.15) is 0 Å². The molecule has 0 atom stereocenters. The predicted octanol–water partition coefficient (Wildman–Crippen LogP) is 3.35. The number of halogens is 1. The van der Waals surface area contributed by atoms with Crippen LogP contribution in [0.3, 0.4) is 0 Å². The van der Waals surface area contributed by atoms with Crippen LogP contribution in [0.5, 0.6) is 0 Å². The Morgan fingerprint density at radius 3 is 2.35 bits per heavy atom. The zero-order valence-electron chi connectivity index (χ0n) is 18.7. The van der Waals surface area contributed by atoms with Crippen LogP contribution in [0.1, 0.15) is 51.0 Å². The smallest absolute Gasteiger partial charge is 0.243 e. The third kappa shape index (κ3) is 7.03. The van der Waals surface area contributed by atoms with E-state index < -0.39 is 10.0 Å². The quantitative estimate of drug-likeness (QED) is 0.259. The van der Waals surface area contributed by atoms with Crippen molar-refractivity contribution < 1.29 is 13.2 Å². The van der Waals surface area contributed by atoms with Gasteiger partial charge in [0.25, 0.3) is 0 Å². The summed E-state index contributed by atoms with van der Waals surface area (Å²) in [6.07, 6.45) is 6.71. The summed E-state index contributed by atoms with van der Waals surface area (Å²) in [5.74, 6) is 0.801. The molecule has 2 fully saturated rings. The van der Waals surface area contributed by atoms with Gasteiger partial charge in [0, 0.05) is 39.9 Å². The van der Waals surface area contributed by atoms with Crippen LogP contribution in [-0.4, -0.2) is 58.6 Å². The highest BCUT2D eigenvalue weighted by atomic mass is 127. The average molecular weight is 565 g/mol. The van der Waals surface area contributed by atoms with E-state index in [1.54, 1.807) is 23.5 Å². The van der Waals surface area contributed by atoms with Crippen molar-refractivity contribution in [2.24, 2.45) is 10.4 Å². The Balaban J connectivity index is 0.00000341. The van der Waals surface area contributed by atoms with Crippen molar-refractivity contribution in [3.8, 4) is 0 Å². The number of nitrogens with zero attached hydrogens (tertiary/aromatic N) is 2. The molecule has 0 unspecified atom stereocenters. The number of rotatable bonds is 10. The van der Waals surface area contributed by atoms with Crippen LogP contribution in [0.4, 0.5) is 0 Å². The summed E-state index contributed by atoms with van der Waals surface area (Å²) in [6.45, 7) is 6.29. The van der Waals surface area contributed by atoms with Crippen LogP contribution in [0.2, 0.25) is 0 Å². The van der Waals surface area contributed by atoms with E-state index in [0.717, 1.165) is 50.5 Å². The maximum absolute atomic E-state index is 12.7. The predicted molar refractivity (Wildman–Crippen MR) is 135 cm³/mol. The number of hydrogen-bond acceptors (Lipinski definition) is 4. The topological polar surface area (TPSA) is 83.0 Å². The zero-order valence-corrected chi connectivity index (χ0v) is 21.9. The molecule has 2 aliphatic rings. The molecule has 31 heavy (non-hydrogen) atoms. The van der Waals surface area contributed by atoms with Crippen molar-refractivity contribution in [3.63, 3.8) is 0 Å². The van der Waals surface area contributed by atoms with Crippen LogP contribution < -0.4 is 10.6 Å². The summed E-state index contributed by atoms with van der Waals surface area (Å²) in [5.41, 5.74) is 1.31. The molecule has 1 aliphatic carbocycles. The van der Waals surface area contributed by atoms with E-state index in [0.29, 0.717) is 29.9 Å². The largest absolute Gasteiger partial charge is 0.385 e. The lowest BCUT2D eigenvalue weighted by Gasteiger charge is -2.42. The maximum Gasteiger partial charge on any atom is 0.243 e. The van der Waals surface area contributed by atoms with Crippen molar-refractivity contribution in [3.05, 3.63) is 29.8 Å². The molecule has 9 heteroatoms. The Morgan fingerprint density at radius 2 is 1.81 bits per heavy atom. The van der Waals surface area contributed by atoms with Gasteiger partial charge < -0.3 is 15.4 Å². The van der Waals surface area contributed by atoms with Gasteiger partial charge in [-0.2, -0.15) is 4.31 Å². The molecule has 7 nitrogen and oxygen atoms in total. The van der Waals surface area contributed by atoms with Crippen molar-refractivity contribution in [1.82, 2.24) is 14.9 Å². The first-order chi connectivity index (χ1) is 14.5. The summed E-state index contributed by atoms with van der Waals surface area (Å²) in [4.78, 5) is 5.07. The minimum atomic E-state index is -3.36. The molecule has 0 radical (unpaired) electrons. The molecule has 1 aliphatic heterocycles. The standard InChI is InChI=1S/C22H36N4O3S.HI/c1-3-23-21(25-18-22(11-6-12-22)13-16-29-2)24-17-19-7-9-20(10-8-19)30(27,28)26-14-4-5-15-26;/h7-10H,3-6,11-18H2,1-2H3,(H2,23,24,25);1H. The molecule has 1 aromatic rings. The van der Waals surface area contributed by atoms with Gasteiger partial charge in [0.15, 0.2) is 5.96 Å². The van der Waals surface area contributed by atoms with Crippen LogP contribution in [0.25, 0.3) is 0 Å². The van der Waals surface area contributed by atoms with Crippen molar-refractivity contribution in [2.75, 3.05) is 39.9 Å². The second-order valence-electron chi connectivity index (χ2n) is 8.40. The van der Waals surface area contributed by atoms with Gasteiger partial charge in [-0.1, -0.05) is 18.6 Å². The Kier molecular flexibility index (Phi) is 10.5. The molecule has 3 rings (SSSR count). The highest BCUT2D eigenvalue weighted by Crippen LogP contribution is 2.43. The van der Waals surface area contributed by atoms with Gasteiger partial charge >= 0.3 is 0 Å². The van der Waals surface area contributed by atoms with E-state index in [1.165, 1.54) is 19.3 Å². The Hall–Kier alpha value is -0.910. The van der Waals surface area contributed by atoms with Crippen LogP contribution >= 0.6 is 24.0 Å². The van der Waals surface area contributed by atoms with Gasteiger partial charge in [0.05, 0.1) is 11.4 Å².